The number of aliphatic imine (C=N–C) groups is 1. The smallest absolute Gasteiger partial charge is 0.238 e. The van der Waals surface area contributed by atoms with Crippen LogP contribution in [0.1, 0.15) is 69.6 Å². The minimum Gasteiger partial charge on any atom is -0.325 e. The number of hydrogen-bond acceptors (Lipinski definition) is 5. The number of rotatable bonds is 8. The number of benzene rings is 3. The second kappa shape index (κ2) is 11.6. The lowest BCUT2D eigenvalue weighted by molar-refractivity contribution is -0.115. The second-order valence-corrected chi connectivity index (χ2v) is 13.5. The molecule has 3 unspecified atom stereocenters. The number of anilines is 2. The van der Waals surface area contributed by atoms with Crippen molar-refractivity contribution < 1.29 is 13.2 Å². The molecule has 0 saturated carbocycles. The molecule has 210 valence electrons. The molecule has 2 aliphatic rings. The van der Waals surface area contributed by atoms with Gasteiger partial charge in [-0.2, -0.15) is 0 Å². The molecule has 1 saturated heterocycles. The molecule has 3 aromatic rings. The molecule has 2 N–H and O–H groups in total. The molecule has 3 atom stereocenters. The third-order valence-electron chi connectivity index (χ3n) is 8.03. The van der Waals surface area contributed by atoms with Crippen LogP contribution in [0.2, 0.25) is 0 Å². The standard InChI is InChI=1S/C32H38N4O3S/c1-21(2)40(38,39)35-27-17-18-29-28(19-27)30(32(37)34-29)31(25-11-6-5-7-12-25)33-26-15-13-24(14-16-26)20-36-22(3)9-8-10-23(36)4/h5-7,11-19,21-23,30,35H,8-10,20H2,1-4H3,(H,34,37). The quantitative estimate of drug-likeness (QED) is 0.311. The van der Waals surface area contributed by atoms with Gasteiger partial charge in [0.2, 0.25) is 15.9 Å². The Bertz CT molecular complexity index is 1490. The van der Waals surface area contributed by atoms with Crippen LogP contribution in [0.15, 0.2) is 77.8 Å². The van der Waals surface area contributed by atoms with Gasteiger partial charge >= 0.3 is 0 Å². The van der Waals surface area contributed by atoms with Crippen molar-refractivity contribution in [2.45, 2.75) is 76.8 Å². The number of sulfonamides is 1. The normalized spacial score (nSPS) is 21.8. The van der Waals surface area contributed by atoms with Crippen LogP contribution in [0.5, 0.6) is 0 Å². The number of nitrogens with one attached hydrogen (secondary N) is 2. The van der Waals surface area contributed by atoms with Crippen LogP contribution < -0.4 is 10.0 Å². The summed E-state index contributed by atoms with van der Waals surface area (Å²) >= 11 is 0. The van der Waals surface area contributed by atoms with Crippen LogP contribution in [0.25, 0.3) is 0 Å². The van der Waals surface area contributed by atoms with E-state index in [9.17, 15) is 13.2 Å². The Labute approximate surface area is 237 Å². The maximum atomic E-state index is 13.3. The van der Waals surface area contributed by atoms with Gasteiger partial charge in [-0.3, -0.25) is 19.4 Å². The molecule has 0 aromatic heterocycles. The van der Waals surface area contributed by atoms with E-state index in [4.69, 9.17) is 4.99 Å². The van der Waals surface area contributed by atoms with Gasteiger partial charge in [-0.15, -0.1) is 0 Å². The molecule has 5 rings (SSSR count). The molecule has 2 heterocycles. The predicted molar refractivity (Wildman–Crippen MR) is 163 cm³/mol. The summed E-state index contributed by atoms with van der Waals surface area (Å²) in [4.78, 5) is 20.9. The fourth-order valence-electron chi connectivity index (χ4n) is 5.60. The van der Waals surface area contributed by atoms with Crippen LogP contribution >= 0.6 is 0 Å². The maximum Gasteiger partial charge on any atom is 0.238 e. The zero-order valence-electron chi connectivity index (χ0n) is 23.6. The zero-order chi connectivity index (χ0) is 28.4. The average Bonchev–Trinajstić information content (AvgIpc) is 3.25. The summed E-state index contributed by atoms with van der Waals surface area (Å²) < 4.78 is 27.7. The molecule has 0 aliphatic carbocycles. The lowest BCUT2D eigenvalue weighted by Gasteiger charge is -2.39. The number of carbonyl (C=O) groups is 1. The van der Waals surface area contributed by atoms with E-state index in [2.05, 4.69) is 40.9 Å². The van der Waals surface area contributed by atoms with E-state index in [1.54, 1.807) is 32.0 Å². The second-order valence-electron chi connectivity index (χ2n) is 11.3. The largest absolute Gasteiger partial charge is 0.325 e. The molecule has 3 aromatic carbocycles. The fraction of sp³-hybridized carbons (Fsp3) is 0.375. The molecule has 1 fully saturated rings. The lowest BCUT2D eigenvalue weighted by Crippen LogP contribution is -2.42. The van der Waals surface area contributed by atoms with Crippen LogP contribution in [-0.4, -0.2) is 42.3 Å². The monoisotopic (exact) mass is 558 g/mol. The Morgan fingerprint density at radius 1 is 1.00 bits per heavy atom. The van der Waals surface area contributed by atoms with Gasteiger partial charge < -0.3 is 5.32 Å². The number of carbonyl (C=O) groups excluding carboxylic acids is 1. The van der Waals surface area contributed by atoms with Crippen molar-refractivity contribution in [3.8, 4) is 0 Å². The number of amides is 1. The molecular weight excluding hydrogens is 520 g/mol. The van der Waals surface area contributed by atoms with E-state index in [-0.39, 0.29) is 5.91 Å². The first kappa shape index (κ1) is 28.1. The number of likely N-dealkylation sites (tertiary alicyclic amines) is 1. The summed E-state index contributed by atoms with van der Waals surface area (Å²) in [6, 6.07) is 24.2. The Morgan fingerprint density at radius 2 is 1.68 bits per heavy atom. The van der Waals surface area contributed by atoms with Gasteiger partial charge in [0.05, 0.1) is 16.6 Å². The fourth-order valence-corrected chi connectivity index (χ4v) is 6.29. The van der Waals surface area contributed by atoms with Gasteiger partial charge in [0, 0.05) is 30.0 Å². The van der Waals surface area contributed by atoms with Crippen LogP contribution in [0.4, 0.5) is 17.1 Å². The minimum absolute atomic E-state index is 0.189. The number of piperidine rings is 1. The maximum absolute atomic E-state index is 13.3. The summed E-state index contributed by atoms with van der Waals surface area (Å²) in [5.74, 6) is -0.873. The summed E-state index contributed by atoms with van der Waals surface area (Å²) in [6.45, 7) is 8.78. The van der Waals surface area contributed by atoms with Gasteiger partial charge in [0.15, 0.2) is 0 Å². The first-order valence-electron chi connectivity index (χ1n) is 14.1. The number of hydrogen-bond donors (Lipinski definition) is 2. The van der Waals surface area contributed by atoms with Gasteiger partial charge in [-0.05, 0) is 87.6 Å². The first-order valence-corrected chi connectivity index (χ1v) is 15.6. The first-order chi connectivity index (χ1) is 19.1. The van der Waals surface area contributed by atoms with E-state index in [0.717, 1.165) is 17.8 Å². The van der Waals surface area contributed by atoms with E-state index in [0.29, 0.717) is 34.7 Å². The Kier molecular flexibility index (Phi) is 8.10. The highest BCUT2D eigenvalue weighted by atomic mass is 32.2. The summed E-state index contributed by atoms with van der Waals surface area (Å²) in [7, 11) is -3.53. The average molecular weight is 559 g/mol. The van der Waals surface area contributed by atoms with E-state index >= 15 is 0 Å². The summed E-state index contributed by atoms with van der Waals surface area (Å²) in [5, 5.41) is 2.38. The minimum atomic E-state index is -3.53. The molecule has 1 amide bonds. The predicted octanol–water partition coefficient (Wildman–Crippen LogP) is 6.46. The Balaban J connectivity index is 1.48. The summed E-state index contributed by atoms with van der Waals surface area (Å²) in [6.07, 6.45) is 3.76. The van der Waals surface area contributed by atoms with Gasteiger partial charge in [-0.25, -0.2) is 8.42 Å². The molecule has 8 heteroatoms. The zero-order valence-corrected chi connectivity index (χ0v) is 24.4. The van der Waals surface area contributed by atoms with E-state index in [1.165, 1.54) is 24.8 Å². The van der Waals surface area contributed by atoms with Crippen molar-refractivity contribution in [1.29, 1.82) is 0 Å². The highest BCUT2D eigenvalue weighted by Crippen LogP contribution is 2.38. The van der Waals surface area contributed by atoms with E-state index < -0.39 is 21.2 Å². The van der Waals surface area contributed by atoms with E-state index in [1.807, 2.05) is 42.5 Å². The molecule has 0 spiro atoms. The van der Waals surface area contributed by atoms with Crippen LogP contribution in [0.3, 0.4) is 0 Å². The molecule has 0 bridgehead atoms. The third-order valence-corrected chi connectivity index (χ3v) is 9.79. The van der Waals surface area contributed by atoms with Crippen LogP contribution in [0, 0.1) is 0 Å². The topological polar surface area (TPSA) is 90.9 Å². The molecule has 0 radical (unpaired) electrons. The van der Waals surface area contributed by atoms with Crippen LogP contribution in [-0.2, 0) is 21.4 Å². The Morgan fingerprint density at radius 3 is 2.33 bits per heavy atom. The van der Waals surface area contributed by atoms with Crippen molar-refractivity contribution in [1.82, 2.24) is 4.90 Å². The Hall–Kier alpha value is -3.49. The molecule has 7 nitrogen and oxygen atoms in total. The van der Waals surface area contributed by atoms with Gasteiger partial charge in [-0.1, -0.05) is 48.9 Å². The SMILES string of the molecule is CC1CCCC(C)N1Cc1ccc(N=C(c2ccccc2)C2C(=O)Nc3ccc(NS(=O)(=O)C(C)C)cc32)cc1. The lowest BCUT2D eigenvalue weighted by atomic mass is 9.90. The highest BCUT2D eigenvalue weighted by molar-refractivity contribution is 7.93. The molecule has 2 aliphatic heterocycles. The van der Waals surface area contributed by atoms with Crippen molar-refractivity contribution in [3.05, 3.63) is 89.5 Å². The molecular formula is C32H38N4O3S. The van der Waals surface area contributed by atoms with Gasteiger partial charge in [0.25, 0.3) is 0 Å². The number of fused-ring (bicyclic) bond motifs is 1. The van der Waals surface area contributed by atoms with Crippen molar-refractivity contribution in [2.75, 3.05) is 10.0 Å². The highest BCUT2D eigenvalue weighted by Gasteiger charge is 2.36. The van der Waals surface area contributed by atoms with Crippen molar-refractivity contribution >= 4 is 38.7 Å². The molecule has 40 heavy (non-hydrogen) atoms. The summed E-state index contributed by atoms with van der Waals surface area (Å²) in [5.41, 5.74) is 5.24. The van der Waals surface area contributed by atoms with Crippen molar-refractivity contribution in [2.24, 2.45) is 4.99 Å². The van der Waals surface area contributed by atoms with Crippen molar-refractivity contribution in [3.63, 3.8) is 0 Å². The third kappa shape index (κ3) is 5.98. The number of nitrogens with zero attached hydrogens (tertiary/aromatic N) is 2. The van der Waals surface area contributed by atoms with Gasteiger partial charge in [0.1, 0.15) is 5.92 Å².